The van der Waals surface area contributed by atoms with E-state index in [1.807, 2.05) is 6.92 Å². The maximum atomic E-state index is 10.4. The minimum absolute atomic E-state index is 0.653. The van der Waals surface area contributed by atoms with Gasteiger partial charge in [-0.2, -0.15) is 11.8 Å². The number of allylic oxidation sites excluding steroid dienone is 5. The van der Waals surface area contributed by atoms with Crippen molar-refractivity contribution in [1.29, 1.82) is 0 Å². The predicted octanol–water partition coefficient (Wildman–Crippen LogP) is 5.72. The van der Waals surface area contributed by atoms with Gasteiger partial charge in [0.25, 0.3) is 0 Å². The first-order valence-electron chi connectivity index (χ1n) is 8.33. The fraction of sp³-hybridized carbons (Fsp3) is 0.632. The van der Waals surface area contributed by atoms with E-state index in [9.17, 15) is 4.79 Å². The Kier molecular flexibility index (Phi) is 10.3. The lowest BCUT2D eigenvalue weighted by Crippen LogP contribution is -2.22. The zero-order valence-electron chi connectivity index (χ0n) is 13.5. The van der Waals surface area contributed by atoms with Gasteiger partial charge in [0.2, 0.25) is 0 Å². The number of carbonyl (C=O) groups is 1. The number of hydrogen-bond acceptors (Lipinski definition) is 2. The highest BCUT2D eigenvalue weighted by Gasteiger charge is 2.24. The van der Waals surface area contributed by atoms with Gasteiger partial charge < -0.3 is 4.79 Å². The largest absolute Gasteiger partial charge is 0.303 e. The zero-order chi connectivity index (χ0) is 15.3. The van der Waals surface area contributed by atoms with Crippen LogP contribution < -0.4 is 0 Å². The average molecular weight is 307 g/mol. The molecular weight excluding hydrogens is 276 g/mol. The summed E-state index contributed by atoms with van der Waals surface area (Å²) in [5.41, 5.74) is 0. The van der Waals surface area contributed by atoms with Crippen molar-refractivity contribution >= 4 is 18.0 Å². The molecule has 3 unspecified atom stereocenters. The van der Waals surface area contributed by atoms with E-state index in [2.05, 4.69) is 55.1 Å². The van der Waals surface area contributed by atoms with Gasteiger partial charge in [0.15, 0.2) is 0 Å². The summed E-state index contributed by atoms with van der Waals surface area (Å²) in [6.07, 6.45) is 22.4. The summed E-state index contributed by atoms with van der Waals surface area (Å²) in [6.45, 7) is 4.34. The normalized spacial score (nSPS) is 25.9. The molecule has 118 valence electrons. The van der Waals surface area contributed by atoms with Crippen molar-refractivity contribution < 1.29 is 4.79 Å². The second kappa shape index (κ2) is 11.9. The van der Waals surface area contributed by atoms with Gasteiger partial charge in [0.1, 0.15) is 6.29 Å². The molecule has 0 aliphatic carbocycles. The molecule has 3 atom stereocenters. The molecule has 1 rings (SSSR count). The van der Waals surface area contributed by atoms with Gasteiger partial charge in [-0.3, -0.25) is 0 Å². The first-order chi connectivity index (χ1) is 10.3. The third-order valence-electron chi connectivity index (χ3n) is 3.90. The van der Waals surface area contributed by atoms with Crippen LogP contribution in [0.4, 0.5) is 0 Å². The molecule has 0 N–H and O–H groups in total. The lowest BCUT2D eigenvalue weighted by Gasteiger charge is -2.30. The van der Waals surface area contributed by atoms with Gasteiger partial charge in [0, 0.05) is 16.9 Å². The van der Waals surface area contributed by atoms with E-state index >= 15 is 0 Å². The van der Waals surface area contributed by atoms with Crippen LogP contribution in [0.25, 0.3) is 0 Å². The molecule has 21 heavy (non-hydrogen) atoms. The van der Waals surface area contributed by atoms with Crippen LogP contribution in [0.5, 0.6) is 0 Å². The molecule has 0 radical (unpaired) electrons. The van der Waals surface area contributed by atoms with Crippen LogP contribution in [-0.2, 0) is 4.79 Å². The number of hydrogen-bond donors (Lipinski definition) is 0. The van der Waals surface area contributed by atoms with Crippen LogP contribution in [0, 0.1) is 5.92 Å². The summed E-state index contributed by atoms with van der Waals surface area (Å²) in [6, 6.07) is 0. The summed E-state index contributed by atoms with van der Waals surface area (Å²) in [4.78, 5) is 10.4. The monoisotopic (exact) mass is 306 g/mol. The average Bonchev–Trinajstić information content (AvgIpc) is 2.49. The highest BCUT2D eigenvalue weighted by Crippen LogP contribution is 2.36. The van der Waals surface area contributed by atoms with E-state index in [1.54, 1.807) is 0 Å². The van der Waals surface area contributed by atoms with Crippen molar-refractivity contribution in [3.05, 3.63) is 36.5 Å². The van der Waals surface area contributed by atoms with E-state index in [0.29, 0.717) is 11.2 Å². The van der Waals surface area contributed by atoms with Crippen molar-refractivity contribution in [2.75, 3.05) is 0 Å². The van der Waals surface area contributed by atoms with Gasteiger partial charge in [0.05, 0.1) is 0 Å². The number of rotatable bonds is 10. The fourth-order valence-electron chi connectivity index (χ4n) is 2.74. The number of thioether (sulfide) groups is 1. The van der Waals surface area contributed by atoms with Crippen molar-refractivity contribution in [1.82, 2.24) is 0 Å². The summed E-state index contributed by atoms with van der Waals surface area (Å²) in [7, 11) is 0. The molecule has 2 heteroatoms. The van der Waals surface area contributed by atoms with E-state index in [4.69, 9.17) is 0 Å². The van der Waals surface area contributed by atoms with Crippen molar-refractivity contribution in [2.45, 2.75) is 69.3 Å². The van der Waals surface area contributed by atoms with Gasteiger partial charge in [-0.25, -0.2) is 0 Å². The van der Waals surface area contributed by atoms with Crippen LogP contribution in [0.3, 0.4) is 0 Å². The molecule has 0 saturated heterocycles. The van der Waals surface area contributed by atoms with Crippen molar-refractivity contribution in [3.8, 4) is 0 Å². The second-order valence-corrected chi connectivity index (χ2v) is 7.39. The SMILES string of the molecule is C/C=C/C=C/CCCC1SC(C)C=CC1CCCCC=O. The molecule has 0 aromatic heterocycles. The van der Waals surface area contributed by atoms with Crippen LogP contribution in [0.15, 0.2) is 36.5 Å². The first-order valence-corrected chi connectivity index (χ1v) is 9.27. The molecule has 0 bridgehead atoms. The van der Waals surface area contributed by atoms with Crippen LogP contribution >= 0.6 is 11.8 Å². The Morgan fingerprint density at radius 3 is 2.67 bits per heavy atom. The van der Waals surface area contributed by atoms with Crippen LogP contribution in [-0.4, -0.2) is 16.8 Å². The first kappa shape index (κ1) is 18.3. The maximum absolute atomic E-state index is 10.4. The van der Waals surface area contributed by atoms with Gasteiger partial charge in [-0.1, -0.05) is 42.9 Å². The van der Waals surface area contributed by atoms with Gasteiger partial charge in [-0.15, -0.1) is 0 Å². The lowest BCUT2D eigenvalue weighted by molar-refractivity contribution is -0.107. The summed E-state index contributed by atoms with van der Waals surface area (Å²) < 4.78 is 0. The van der Waals surface area contributed by atoms with E-state index < -0.39 is 0 Å². The number of aldehydes is 1. The Labute approximate surface area is 135 Å². The van der Waals surface area contributed by atoms with Crippen molar-refractivity contribution in [3.63, 3.8) is 0 Å². The van der Waals surface area contributed by atoms with E-state index in [-0.39, 0.29) is 0 Å². The Balaban J connectivity index is 2.32. The number of carbonyl (C=O) groups excluding carboxylic acids is 1. The molecule has 1 heterocycles. The Morgan fingerprint density at radius 1 is 1.05 bits per heavy atom. The zero-order valence-corrected chi connectivity index (χ0v) is 14.4. The topological polar surface area (TPSA) is 17.1 Å². The maximum Gasteiger partial charge on any atom is 0.119 e. The van der Waals surface area contributed by atoms with E-state index in [1.165, 1.54) is 32.1 Å². The molecule has 1 aliphatic heterocycles. The summed E-state index contributed by atoms with van der Waals surface area (Å²) >= 11 is 2.13. The molecule has 1 aliphatic rings. The van der Waals surface area contributed by atoms with Crippen LogP contribution in [0.2, 0.25) is 0 Å². The highest BCUT2D eigenvalue weighted by molar-refractivity contribution is 8.00. The number of unbranched alkanes of at least 4 members (excludes halogenated alkanes) is 3. The van der Waals surface area contributed by atoms with Gasteiger partial charge >= 0.3 is 0 Å². The molecule has 1 nitrogen and oxygen atoms in total. The molecule has 0 fully saturated rings. The molecular formula is C19H30OS. The molecule has 0 spiro atoms. The fourth-order valence-corrected chi connectivity index (χ4v) is 4.20. The molecule has 0 aromatic rings. The lowest BCUT2D eigenvalue weighted by atomic mass is 9.93. The summed E-state index contributed by atoms with van der Waals surface area (Å²) in [5, 5.41) is 1.41. The van der Waals surface area contributed by atoms with E-state index in [0.717, 1.165) is 24.4 Å². The highest BCUT2D eigenvalue weighted by atomic mass is 32.2. The second-order valence-electron chi connectivity index (χ2n) is 5.76. The molecule has 0 aromatic carbocycles. The van der Waals surface area contributed by atoms with Gasteiger partial charge in [-0.05, 0) is 51.9 Å². The van der Waals surface area contributed by atoms with Crippen LogP contribution in [0.1, 0.15) is 58.8 Å². The molecule has 0 saturated carbocycles. The summed E-state index contributed by atoms with van der Waals surface area (Å²) in [5.74, 6) is 0.706. The minimum atomic E-state index is 0.653. The Morgan fingerprint density at radius 2 is 1.90 bits per heavy atom. The standard InChI is InChI=1S/C19H30OS/c1-3-4-5-6-7-10-13-19-18(12-9-8-11-16-20)15-14-17(2)21-19/h3-6,14-19H,7-13H2,1-2H3/b4-3+,6-5+. The third-order valence-corrected chi connectivity index (χ3v) is 5.43. The Hall–Kier alpha value is -0.760. The quantitative estimate of drug-likeness (QED) is 0.222. The predicted molar refractivity (Wildman–Crippen MR) is 95.8 cm³/mol. The smallest absolute Gasteiger partial charge is 0.119 e. The van der Waals surface area contributed by atoms with Crippen molar-refractivity contribution in [2.24, 2.45) is 5.92 Å². The molecule has 0 amide bonds. The third kappa shape index (κ3) is 8.31. The minimum Gasteiger partial charge on any atom is -0.303 e. The Bertz CT molecular complexity index is 357.